The highest BCUT2D eigenvalue weighted by Gasteiger charge is 2.47. The maximum absolute atomic E-state index is 13.4. The molecular formula is C65H125NO10. The minimum atomic E-state index is -1.61. The molecule has 1 fully saturated rings. The van der Waals surface area contributed by atoms with Gasteiger partial charge in [-0.15, -0.1) is 0 Å². The number of aliphatic hydroxyl groups excluding tert-OH is 5. The minimum Gasteiger partial charge on any atom is -0.454 e. The third kappa shape index (κ3) is 41.4. The molecule has 8 atom stereocenters. The second kappa shape index (κ2) is 54.0. The fourth-order valence-electron chi connectivity index (χ4n) is 10.7. The number of carbonyl (C=O) groups is 2. The van der Waals surface area contributed by atoms with Crippen molar-refractivity contribution in [2.24, 2.45) is 0 Å². The molecule has 1 rings (SSSR count). The van der Waals surface area contributed by atoms with Crippen molar-refractivity contribution >= 4 is 11.9 Å². The smallest absolute Gasteiger partial charge is 0.306 e. The van der Waals surface area contributed by atoms with Crippen LogP contribution in [0.1, 0.15) is 329 Å². The van der Waals surface area contributed by atoms with E-state index in [2.05, 4.69) is 26.1 Å². The van der Waals surface area contributed by atoms with Crippen molar-refractivity contribution in [3.63, 3.8) is 0 Å². The van der Waals surface area contributed by atoms with E-state index in [0.29, 0.717) is 19.3 Å². The summed E-state index contributed by atoms with van der Waals surface area (Å²) in [6.45, 7) is 5.81. The Morgan fingerprint density at radius 3 is 1.24 bits per heavy atom. The fourth-order valence-corrected chi connectivity index (χ4v) is 10.7. The maximum atomic E-state index is 13.4. The molecule has 0 spiro atoms. The van der Waals surface area contributed by atoms with Gasteiger partial charge in [0.25, 0.3) is 0 Å². The lowest BCUT2D eigenvalue weighted by molar-refractivity contribution is -0.305. The van der Waals surface area contributed by atoms with Crippen LogP contribution < -0.4 is 5.32 Å². The Balaban J connectivity index is 2.52. The normalized spacial score (nSPS) is 19.1. The average Bonchev–Trinajstić information content (AvgIpc) is 3.42. The van der Waals surface area contributed by atoms with Gasteiger partial charge in [-0.05, 0) is 25.7 Å². The van der Waals surface area contributed by atoms with Gasteiger partial charge in [0.2, 0.25) is 5.91 Å². The largest absolute Gasteiger partial charge is 0.454 e. The SMILES string of the molecule is CCCCCCCCCCCC/C=C/C(O)C(COC1OC(CO)C(O)C(O)C1OC(=O)CCCCCCCCCCCCCCCCCCCCCCCCCCC)NC(=O)C(O)CCCCCCCCCCCC. The Morgan fingerprint density at radius 2 is 0.855 bits per heavy atom. The first-order valence-corrected chi connectivity index (χ1v) is 33.0. The standard InChI is InChI=1S/C65H125NO10/c1-4-7-10-13-16-19-22-24-25-26-27-28-29-30-31-32-33-34-35-36-38-41-44-47-50-53-60(70)76-63-62(72)61(71)59(54-67)75-65(63)74-55-56(57(68)51-48-45-42-40-37-23-20-17-14-11-8-5-2)66-64(73)58(69)52-49-46-43-39-21-18-15-12-9-6-3/h48,51,56-59,61-63,65,67-69,71-72H,4-47,49-50,52-55H2,1-3H3,(H,66,73)/b51-48+. The first-order valence-electron chi connectivity index (χ1n) is 33.0. The molecule has 0 aromatic rings. The summed E-state index contributed by atoms with van der Waals surface area (Å²) in [7, 11) is 0. The fraction of sp³-hybridized carbons (Fsp3) is 0.938. The van der Waals surface area contributed by atoms with E-state index in [1.165, 1.54) is 225 Å². The zero-order chi connectivity index (χ0) is 55.4. The number of unbranched alkanes of at least 4 members (excludes halogenated alkanes) is 43. The van der Waals surface area contributed by atoms with E-state index in [-0.39, 0.29) is 13.0 Å². The van der Waals surface area contributed by atoms with E-state index in [4.69, 9.17) is 14.2 Å². The number of rotatable bonds is 57. The van der Waals surface area contributed by atoms with Crippen molar-refractivity contribution in [2.75, 3.05) is 13.2 Å². The van der Waals surface area contributed by atoms with Crippen molar-refractivity contribution in [2.45, 2.75) is 378 Å². The highest BCUT2D eigenvalue weighted by atomic mass is 16.7. The molecule has 0 aromatic heterocycles. The van der Waals surface area contributed by atoms with Gasteiger partial charge in [0.15, 0.2) is 12.4 Å². The molecule has 1 aliphatic rings. The van der Waals surface area contributed by atoms with Crippen LogP contribution in [0.25, 0.3) is 0 Å². The highest BCUT2D eigenvalue weighted by Crippen LogP contribution is 2.26. The lowest BCUT2D eigenvalue weighted by Crippen LogP contribution is -2.61. The molecule has 6 N–H and O–H groups in total. The van der Waals surface area contributed by atoms with Crippen LogP contribution in [-0.4, -0.2) is 99.6 Å². The predicted molar refractivity (Wildman–Crippen MR) is 315 cm³/mol. The number of aliphatic hydroxyl groups is 5. The van der Waals surface area contributed by atoms with Gasteiger partial charge in [-0.1, -0.05) is 309 Å². The van der Waals surface area contributed by atoms with Crippen molar-refractivity contribution in [1.29, 1.82) is 0 Å². The van der Waals surface area contributed by atoms with Crippen LogP contribution in [0.2, 0.25) is 0 Å². The summed E-state index contributed by atoms with van der Waals surface area (Å²) in [5.74, 6) is -1.18. The van der Waals surface area contributed by atoms with Crippen LogP contribution in [0.15, 0.2) is 12.2 Å². The van der Waals surface area contributed by atoms with Crippen molar-refractivity contribution in [3.8, 4) is 0 Å². The van der Waals surface area contributed by atoms with Gasteiger partial charge >= 0.3 is 5.97 Å². The van der Waals surface area contributed by atoms with Crippen LogP contribution >= 0.6 is 0 Å². The van der Waals surface area contributed by atoms with Crippen LogP contribution in [0.5, 0.6) is 0 Å². The number of amides is 1. The molecule has 1 saturated heterocycles. The molecule has 8 unspecified atom stereocenters. The Kier molecular flexibility index (Phi) is 51.5. The van der Waals surface area contributed by atoms with E-state index in [9.17, 15) is 35.1 Å². The second-order valence-electron chi connectivity index (χ2n) is 23.2. The highest BCUT2D eigenvalue weighted by molar-refractivity contribution is 5.80. The molecule has 1 heterocycles. The van der Waals surface area contributed by atoms with Gasteiger partial charge in [0.1, 0.15) is 24.4 Å². The quantitative estimate of drug-likeness (QED) is 0.0195. The number of nitrogens with one attached hydrogen (secondary N) is 1. The summed E-state index contributed by atoms with van der Waals surface area (Å²) in [5, 5.41) is 56.9. The molecule has 11 heteroatoms. The summed E-state index contributed by atoms with van der Waals surface area (Å²) in [6, 6.07) is -1.01. The Bertz CT molecular complexity index is 1290. The number of hydrogen-bond donors (Lipinski definition) is 6. The number of hydrogen-bond acceptors (Lipinski definition) is 10. The summed E-state index contributed by atoms with van der Waals surface area (Å²) in [5.41, 5.74) is 0. The molecule has 450 valence electrons. The molecule has 11 nitrogen and oxygen atoms in total. The van der Waals surface area contributed by atoms with Gasteiger partial charge in [-0.3, -0.25) is 9.59 Å². The molecule has 1 amide bonds. The minimum absolute atomic E-state index is 0.132. The Morgan fingerprint density at radius 1 is 0.500 bits per heavy atom. The molecule has 76 heavy (non-hydrogen) atoms. The lowest BCUT2D eigenvalue weighted by atomic mass is 9.99. The van der Waals surface area contributed by atoms with Crippen LogP contribution in [-0.2, 0) is 23.8 Å². The van der Waals surface area contributed by atoms with Crippen molar-refractivity contribution in [3.05, 3.63) is 12.2 Å². The number of ether oxygens (including phenoxy) is 3. The number of carbonyl (C=O) groups excluding carboxylic acids is 2. The summed E-state index contributed by atoms with van der Waals surface area (Å²) in [4.78, 5) is 26.5. The molecular weight excluding hydrogens is 955 g/mol. The maximum Gasteiger partial charge on any atom is 0.306 e. The van der Waals surface area contributed by atoms with E-state index in [0.717, 1.165) is 57.8 Å². The molecule has 0 saturated carbocycles. The summed E-state index contributed by atoms with van der Waals surface area (Å²) < 4.78 is 17.6. The average molecular weight is 1080 g/mol. The monoisotopic (exact) mass is 1080 g/mol. The third-order valence-corrected chi connectivity index (χ3v) is 15.9. The van der Waals surface area contributed by atoms with Gasteiger partial charge in [-0.2, -0.15) is 0 Å². The van der Waals surface area contributed by atoms with Crippen LogP contribution in [0.3, 0.4) is 0 Å². The zero-order valence-corrected chi connectivity index (χ0v) is 49.9. The second-order valence-corrected chi connectivity index (χ2v) is 23.2. The molecule has 0 bridgehead atoms. The third-order valence-electron chi connectivity index (χ3n) is 15.9. The van der Waals surface area contributed by atoms with Gasteiger partial charge in [0.05, 0.1) is 25.4 Å². The summed E-state index contributed by atoms with van der Waals surface area (Å²) in [6.07, 6.45) is 51.3. The molecule has 0 aliphatic carbocycles. The predicted octanol–water partition coefficient (Wildman–Crippen LogP) is 15.9. The van der Waals surface area contributed by atoms with Crippen molar-refractivity contribution < 1.29 is 49.3 Å². The first kappa shape index (κ1) is 72.4. The van der Waals surface area contributed by atoms with E-state index < -0.39 is 67.4 Å². The van der Waals surface area contributed by atoms with Crippen LogP contribution in [0.4, 0.5) is 0 Å². The Labute approximate surface area is 468 Å². The van der Waals surface area contributed by atoms with E-state index >= 15 is 0 Å². The van der Waals surface area contributed by atoms with E-state index in [1.54, 1.807) is 6.08 Å². The van der Waals surface area contributed by atoms with Crippen LogP contribution in [0, 0.1) is 0 Å². The van der Waals surface area contributed by atoms with E-state index in [1.807, 2.05) is 6.08 Å². The number of esters is 1. The van der Waals surface area contributed by atoms with Gasteiger partial charge in [0, 0.05) is 6.42 Å². The van der Waals surface area contributed by atoms with Crippen molar-refractivity contribution in [1.82, 2.24) is 5.32 Å². The topological polar surface area (TPSA) is 175 Å². The Hall–Kier alpha value is -1.60. The molecule has 0 radical (unpaired) electrons. The zero-order valence-electron chi connectivity index (χ0n) is 49.9. The molecule has 0 aromatic carbocycles. The lowest BCUT2D eigenvalue weighted by Gasteiger charge is -2.41. The first-order chi connectivity index (χ1) is 37.2. The van der Waals surface area contributed by atoms with Gasteiger partial charge in [-0.25, -0.2) is 0 Å². The van der Waals surface area contributed by atoms with Gasteiger partial charge < -0.3 is 45.1 Å². The molecule has 1 aliphatic heterocycles. The number of allylic oxidation sites excluding steroid dienone is 1. The summed E-state index contributed by atoms with van der Waals surface area (Å²) >= 11 is 0.